The minimum atomic E-state index is -0.434. The second-order valence-corrected chi connectivity index (χ2v) is 8.21. The summed E-state index contributed by atoms with van der Waals surface area (Å²) in [6.45, 7) is 7.45. The molecule has 1 aromatic carbocycles. The lowest BCUT2D eigenvalue weighted by molar-refractivity contribution is -0.130. The number of rotatable bonds is 10. The van der Waals surface area contributed by atoms with Crippen LogP contribution in [0.15, 0.2) is 18.2 Å². The summed E-state index contributed by atoms with van der Waals surface area (Å²) in [5.41, 5.74) is 2.97. The van der Waals surface area contributed by atoms with Crippen LogP contribution in [-0.4, -0.2) is 52.9 Å². The van der Waals surface area contributed by atoms with Crippen LogP contribution in [0.2, 0.25) is 5.02 Å². The zero-order valence-electron chi connectivity index (χ0n) is 18.6. The van der Waals surface area contributed by atoms with Gasteiger partial charge in [0.1, 0.15) is 18.1 Å². The van der Waals surface area contributed by atoms with Crippen molar-refractivity contribution in [1.29, 1.82) is 0 Å². The van der Waals surface area contributed by atoms with Crippen LogP contribution in [0.3, 0.4) is 0 Å². The summed E-state index contributed by atoms with van der Waals surface area (Å²) in [6.07, 6.45) is 2.46. The van der Waals surface area contributed by atoms with Gasteiger partial charge in [-0.05, 0) is 57.2 Å². The topological polar surface area (TPSA) is 73.7 Å². The third-order valence-electron chi connectivity index (χ3n) is 5.34. The van der Waals surface area contributed by atoms with Gasteiger partial charge in [0.15, 0.2) is 0 Å². The third kappa shape index (κ3) is 5.66. The first-order valence-corrected chi connectivity index (χ1v) is 11.1. The standard InChI is InChI=1S/C23H30ClN3O4/c1-5-30-12-10-17-6-9-19(15(2)14-17)31-13-11-27(22(28)18-7-8-18)23(29)21-20(24)16(3)25-26(21)4/h6,9,14,18H,5,7-8,10-13H2,1-4H3. The van der Waals surface area contributed by atoms with Crippen molar-refractivity contribution in [1.82, 2.24) is 14.7 Å². The van der Waals surface area contributed by atoms with E-state index in [1.54, 1.807) is 14.0 Å². The van der Waals surface area contributed by atoms with Gasteiger partial charge >= 0.3 is 0 Å². The van der Waals surface area contributed by atoms with Crippen LogP contribution in [0.25, 0.3) is 0 Å². The maximum Gasteiger partial charge on any atom is 0.280 e. The molecule has 1 aliphatic carbocycles. The lowest BCUT2D eigenvalue weighted by Crippen LogP contribution is -2.41. The van der Waals surface area contributed by atoms with E-state index in [2.05, 4.69) is 11.2 Å². The lowest BCUT2D eigenvalue weighted by Gasteiger charge is -2.21. The minimum Gasteiger partial charge on any atom is -0.491 e. The molecule has 1 saturated carbocycles. The Morgan fingerprint density at radius 3 is 2.58 bits per heavy atom. The van der Waals surface area contributed by atoms with Crippen LogP contribution < -0.4 is 4.74 Å². The van der Waals surface area contributed by atoms with E-state index < -0.39 is 5.91 Å². The Morgan fingerprint density at radius 1 is 1.26 bits per heavy atom. The summed E-state index contributed by atoms with van der Waals surface area (Å²) in [5.74, 6) is 0.0346. The van der Waals surface area contributed by atoms with Gasteiger partial charge in [-0.3, -0.25) is 19.2 Å². The second-order valence-electron chi connectivity index (χ2n) is 7.84. The summed E-state index contributed by atoms with van der Waals surface area (Å²) in [4.78, 5) is 27.2. The number of benzene rings is 1. The summed E-state index contributed by atoms with van der Waals surface area (Å²) < 4.78 is 12.8. The van der Waals surface area contributed by atoms with Gasteiger partial charge in [-0.15, -0.1) is 0 Å². The number of nitrogens with zero attached hydrogens (tertiary/aromatic N) is 3. The highest BCUT2D eigenvalue weighted by Crippen LogP contribution is 2.32. The summed E-state index contributed by atoms with van der Waals surface area (Å²) in [5, 5.41) is 4.47. The highest BCUT2D eigenvalue weighted by molar-refractivity contribution is 6.34. The van der Waals surface area contributed by atoms with E-state index in [1.807, 2.05) is 26.0 Å². The molecule has 1 fully saturated rings. The van der Waals surface area contributed by atoms with Crippen LogP contribution >= 0.6 is 11.6 Å². The first-order chi connectivity index (χ1) is 14.8. The monoisotopic (exact) mass is 447 g/mol. The van der Waals surface area contributed by atoms with Gasteiger partial charge in [0.2, 0.25) is 5.91 Å². The Bertz CT molecular complexity index is 953. The fourth-order valence-electron chi connectivity index (χ4n) is 3.47. The Labute approximate surface area is 188 Å². The maximum absolute atomic E-state index is 13.1. The van der Waals surface area contributed by atoms with Gasteiger partial charge in [0.25, 0.3) is 5.91 Å². The van der Waals surface area contributed by atoms with Crippen molar-refractivity contribution in [3.8, 4) is 5.75 Å². The molecule has 1 heterocycles. The van der Waals surface area contributed by atoms with E-state index in [1.165, 1.54) is 15.1 Å². The van der Waals surface area contributed by atoms with Crippen LogP contribution in [0, 0.1) is 19.8 Å². The average molecular weight is 448 g/mol. The second kappa shape index (κ2) is 10.3. The molecule has 0 aliphatic heterocycles. The predicted molar refractivity (Wildman–Crippen MR) is 119 cm³/mol. The van der Waals surface area contributed by atoms with Gasteiger partial charge in [0.05, 0.1) is 23.9 Å². The number of halogens is 1. The molecule has 2 amide bonds. The number of carbonyl (C=O) groups excluding carboxylic acids is 2. The molecule has 2 aromatic rings. The molecule has 3 rings (SSSR count). The third-order valence-corrected chi connectivity index (χ3v) is 5.79. The van der Waals surface area contributed by atoms with Crippen LogP contribution in [0.5, 0.6) is 5.75 Å². The molecular weight excluding hydrogens is 418 g/mol. The summed E-state index contributed by atoms with van der Waals surface area (Å²) in [7, 11) is 1.65. The first kappa shape index (κ1) is 23.3. The van der Waals surface area contributed by atoms with Crippen LogP contribution in [0.4, 0.5) is 0 Å². The van der Waals surface area contributed by atoms with Crippen molar-refractivity contribution < 1.29 is 19.1 Å². The molecule has 7 nitrogen and oxygen atoms in total. The Balaban J connectivity index is 1.66. The van der Waals surface area contributed by atoms with Crippen LogP contribution in [0.1, 0.15) is 47.1 Å². The van der Waals surface area contributed by atoms with Gasteiger partial charge in [-0.25, -0.2) is 0 Å². The van der Waals surface area contributed by atoms with Crippen molar-refractivity contribution in [2.75, 3.05) is 26.4 Å². The molecule has 0 N–H and O–H groups in total. The molecule has 31 heavy (non-hydrogen) atoms. The van der Waals surface area contributed by atoms with Crippen molar-refractivity contribution in [2.45, 2.75) is 40.0 Å². The number of hydrogen-bond acceptors (Lipinski definition) is 5. The fourth-order valence-corrected chi connectivity index (χ4v) is 3.71. The summed E-state index contributed by atoms with van der Waals surface area (Å²) in [6, 6.07) is 6.01. The predicted octanol–water partition coefficient (Wildman–Crippen LogP) is 3.73. The molecule has 1 aromatic heterocycles. The molecule has 1 aliphatic rings. The maximum atomic E-state index is 13.1. The van der Waals surface area contributed by atoms with E-state index in [4.69, 9.17) is 21.1 Å². The summed E-state index contributed by atoms with van der Waals surface area (Å²) >= 11 is 6.28. The van der Waals surface area contributed by atoms with E-state index in [0.29, 0.717) is 18.9 Å². The van der Waals surface area contributed by atoms with Gasteiger partial charge in [0, 0.05) is 19.6 Å². The van der Waals surface area contributed by atoms with Gasteiger partial charge < -0.3 is 9.47 Å². The molecular formula is C23H30ClN3O4. The number of aryl methyl sites for hydroxylation is 3. The first-order valence-electron chi connectivity index (χ1n) is 10.7. The van der Waals surface area contributed by atoms with Crippen molar-refractivity contribution in [3.05, 3.63) is 45.7 Å². The lowest BCUT2D eigenvalue weighted by atomic mass is 10.1. The normalized spacial score (nSPS) is 13.3. The molecule has 0 saturated heterocycles. The minimum absolute atomic E-state index is 0.0941. The van der Waals surface area contributed by atoms with E-state index in [9.17, 15) is 9.59 Å². The molecule has 0 spiro atoms. The molecule has 0 radical (unpaired) electrons. The van der Waals surface area contributed by atoms with Gasteiger partial charge in [-0.1, -0.05) is 23.7 Å². The van der Waals surface area contributed by atoms with E-state index >= 15 is 0 Å². The number of imide groups is 1. The Kier molecular flexibility index (Phi) is 7.73. The number of hydrogen-bond donors (Lipinski definition) is 0. The zero-order valence-corrected chi connectivity index (χ0v) is 19.4. The quantitative estimate of drug-likeness (QED) is 0.410. The Hall–Kier alpha value is -2.38. The van der Waals surface area contributed by atoms with E-state index in [-0.39, 0.29) is 35.7 Å². The fraction of sp³-hybridized carbons (Fsp3) is 0.522. The van der Waals surface area contributed by atoms with Gasteiger partial charge in [-0.2, -0.15) is 5.10 Å². The Morgan fingerprint density at radius 2 is 2.00 bits per heavy atom. The largest absolute Gasteiger partial charge is 0.491 e. The highest BCUT2D eigenvalue weighted by atomic mass is 35.5. The highest BCUT2D eigenvalue weighted by Gasteiger charge is 2.38. The molecule has 168 valence electrons. The van der Waals surface area contributed by atoms with Crippen LogP contribution in [-0.2, 0) is 23.0 Å². The molecule has 0 unspecified atom stereocenters. The molecule has 0 bridgehead atoms. The molecule has 0 atom stereocenters. The van der Waals surface area contributed by atoms with E-state index in [0.717, 1.165) is 30.6 Å². The van der Waals surface area contributed by atoms with Crippen molar-refractivity contribution >= 4 is 23.4 Å². The zero-order chi connectivity index (χ0) is 22.5. The average Bonchev–Trinajstić information content (AvgIpc) is 3.54. The smallest absolute Gasteiger partial charge is 0.280 e. The van der Waals surface area contributed by atoms with Crippen molar-refractivity contribution in [2.24, 2.45) is 13.0 Å². The number of amides is 2. The number of ether oxygens (including phenoxy) is 2. The SMILES string of the molecule is CCOCCc1ccc(OCCN(C(=O)c2c(Cl)c(C)nn2C)C(=O)C2CC2)c(C)c1. The number of carbonyl (C=O) groups is 2. The number of aromatic nitrogens is 2. The molecule has 8 heteroatoms. The van der Waals surface area contributed by atoms with Crippen molar-refractivity contribution in [3.63, 3.8) is 0 Å².